The number of hydrogen-bond donors (Lipinski definition) is 2. The third-order valence-corrected chi connectivity index (χ3v) is 4.19. The molecule has 1 aliphatic rings. The molecule has 1 heterocycles. The molecule has 0 saturated carbocycles. The Hall–Kier alpha value is -1.39. The Bertz CT molecular complexity index is 453. The van der Waals surface area contributed by atoms with Crippen molar-refractivity contribution in [2.45, 2.75) is 39.7 Å². The fourth-order valence-corrected chi connectivity index (χ4v) is 2.74. The van der Waals surface area contributed by atoms with Crippen LogP contribution < -0.4 is 11.3 Å². The van der Waals surface area contributed by atoms with E-state index in [0.717, 1.165) is 19.6 Å². The van der Waals surface area contributed by atoms with Crippen LogP contribution in [-0.4, -0.2) is 23.9 Å². The van der Waals surface area contributed by atoms with E-state index in [1.165, 1.54) is 24.8 Å². The zero-order chi connectivity index (χ0) is 14.6. The van der Waals surface area contributed by atoms with Gasteiger partial charge in [-0.05, 0) is 55.5 Å². The average molecular weight is 275 g/mol. The van der Waals surface area contributed by atoms with Crippen LogP contribution in [0.15, 0.2) is 24.3 Å². The molecule has 4 nitrogen and oxygen atoms in total. The second kappa shape index (κ2) is 6.37. The first-order valence-corrected chi connectivity index (χ1v) is 7.32. The molecule has 3 N–H and O–H groups in total. The SMILES string of the molecule is CC1(C)CCCN(Cc2ccc(C(=O)NN)cc2)CC1. The summed E-state index contributed by atoms with van der Waals surface area (Å²) in [5, 5.41) is 0. The molecular weight excluding hydrogens is 250 g/mol. The van der Waals surface area contributed by atoms with Crippen molar-refractivity contribution < 1.29 is 4.79 Å². The van der Waals surface area contributed by atoms with Crippen molar-refractivity contribution in [1.82, 2.24) is 10.3 Å². The molecule has 1 aliphatic heterocycles. The molecule has 1 aromatic rings. The van der Waals surface area contributed by atoms with Gasteiger partial charge < -0.3 is 0 Å². The number of nitrogens with one attached hydrogen (secondary N) is 1. The number of benzene rings is 1. The Morgan fingerprint density at radius 1 is 1.25 bits per heavy atom. The van der Waals surface area contributed by atoms with Crippen molar-refractivity contribution in [3.63, 3.8) is 0 Å². The zero-order valence-electron chi connectivity index (χ0n) is 12.5. The highest BCUT2D eigenvalue weighted by Gasteiger charge is 2.22. The van der Waals surface area contributed by atoms with E-state index in [2.05, 4.69) is 24.2 Å². The quantitative estimate of drug-likeness (QED) is 0.505. The number of nitrogens with zero attached hydrogens (tertiary/aromatic N) is 1. The van der Waals surface area contributed by atoms with Gasteiger partial charge in [0, 0.05) is 12.1 Å². The molecule has 0 aromatic heterocycles. The number of nitrogens with two attached hydrogens (primary N) is 1. The molecule has 0 spiro atoms. The number of hydrazine groups is 1. The lowest BCUT2D eigenvalue weighted by Crippen LogP contribution is -2.30. The number of amides is 1. The first kappa shape index (κ1) is 15.0. The van der Waals surface area contributed by atoms with Gasteiger partial charge >= 0.3 is 0 Å². The monoisotopic (exact) mass is 275 g/mol. The minimum Gasteiger partial charge on any atom is -0.299 e. The normalized spacial score (nSPS) is 19.4. The Kier molecular flexibility index (Phi) is 4.78. The molecule has 1 saturated heterocycles. The first-order valence-electron chi connectivity index (χ1n) is 7.32. The molecule has 1 aromatic carbocycles. The van der Waals surface area contributed by atoms with Gasteiger partial charge in [-0.3, -0.25) is 15.1 Å². The molecular formula is C16H25N3O. The minimum atomic E-state index is -0.243. The van der Waals surface area contributed by atoms with E-state index in [4.69, 9.17) is 5.84 Å². The smallest absolute Gasteiger partial charge is 0.265 e. The highest BCUT2D eigenvalue weighted by molar-refractivity contribution is 5.93. The maximum Gasteiger partial charge on any atom is 0.265 e. The van der Waals surface area contributed by atoms with Gasteiger partial charge in [0.15, 0.2) is 0 Å². The summed E-state index contributed by atoms with van der Waals surface area (Å²) in [7, 11) is 0. The summed E-state index contributed by atoms with van der Waals surface area (Å²) in [5.74, 6) is 4.88. The third kappa shape index (κ3) is 4.05. The van der Waals surface area contributed by atoms with Crippen LogP contribution in [0.1, 0.15) is 49.0 Å². The van der Waals surface area contributed by atoms with Crippen molar-refractivity contribution in [2.75, 3.05) is 13.1 Å². The summed E-state index contributed by atoms with van der Waals surface area (Å²) in [6.45, 7) is 7.99. The van der Waals surface area contributed by atoms with Crippen LogP contribution in [0.4, 0.5) is 0 Å². The van der Waals surface area contributed by atoms with Crippen molar-refractivity contribution in [3.05, 3.63) is 35.4 Å². The standard InChI is InChI=1S/C16H25N3O/c1-16(2)8-3-10-19(11-9-16)12-13-4-6-14(7-5-13)15(20)18-17/h4-7H,3,8-12,17H2,1-2H3,(H,18,20). The second-order valence-electron chi connectivity index (χ2n) is 6.46. The van der Waals surface area contributed by atoms with Gasteiger partial charge in [0.1, 0.15) is 0 Å². The Morgan fingerprint density at radius 3 is 2.60 bits per heavy atom. The highest BCUT2D eigenvalue weighted by atomic mass is 16.2. The van der Waals surface area contributed by atoms with Crippen LogP contribution >= 0.6 is 0 Å². The molecule has 110 valence electrons. The first-order chi connectivity index (χ1) is 9.50. The van der Waals surface area contributed by atoms with E-state index in [9.17, 15) is 4.79 Å². The van der Waals surface area contributed by atoms with E-state index in [-0.39, 0.29) is 5.91 Å². The molecule has 1 fully saturated rings. The molecule has 0 atom stereocenters. The average Bonchev–Trinajstić information content (AvgIpc) is 2.60. The van der Waals surface area contributed by atoms with E-state index in [1.54, 1.807) is 0 Å². The Morgan fingerprint density at radius 2 is 1.95 bits per heavy atom. The molecule has 0 aliphatic carbocycles. The summed E-state index contributed by atoms with van der Waals surface area (Å²) in [6.07, 6.45) is 3.82. The van der Waals surface area contributed by atoms with Gasteiger partial charge in [-0.1, -0.05) is 26.0 Å². The van der Waals surface area contributed by atoms with Gasteiger partial charge in [-0.2, -0.15) is 0 Å². The molecule has 0 unspecified atom stereocenters. The van der Waals surface area contributed by atoms with Crippen LogP contribution in [-0.2, 0) is 6.54 Å². The maximum atomic E-state index is 11.4. The van der Waals surface area contributed by atoms with E-state index in [1.807, 2.05) is 24.3 Å². The summed E-state index contributed by atoms with van der Waals surface area (Å²) in [6, 6.07) is 7.69. The second-order valence-corrected chi connectivity index (χ2v) is 6.46. The Labute approximate surface area is 121 Å². The van der Waals surface area contributed by atoms with Gasteiger partial charge in [0.05, 0.1) is 0 Å². The highest BCUT2D eigenvalue weighted by Crippen LogP contribution is 2.30. The van der Waals surface area contributed by atoms with Crippen molar-refractivity contribution in [1.29, 1.82) is 0 Å². The van der Waals surface area contributed by atoms with Crippen molar-refractivity contribution in [2.24, 2.45) is 11.3 Å². The number of carbonyl (C=O) groups excluding carboxylic acids is 1. The number of nitrogen functional groups attached to an aromatic ring is 1. The van der Waals surface area contributed by atoms with Crippen LogP contribution in [0, 0.1) is 5.41 Å². The fourth-order valence-electron chi connectivity index (χ4n) is 2.74. The number of likely N-dealkylation sites (tertiary alicyclic amines) is 1. The van der Waals surface area contributed by atoms with Crippen LogP contribution in [0.5, 0.6) is 0 Å². The van der Waals surface area contributed by atoms with Crippen LogP contribution in [0.25, 0.3) is 0 Å². The minimum absolute atomic E-state index is 0.243. The van der Waals surface area contributed by atoms with Crippen LogP contribution in [0.3, 0.4) is 0 Å². The van der Waals surface area contributed by atoms with E-state index >= 15 is 0 Å². The van der Waals surface area contributed by atoms with Gasteiger partial charge in [-0.15, -0.1) is 0 Å². The molecule has 1 amide bonds. The summed E-state index contributed by atoms with van der Waals surface area (Å²) in [4.78, 5) is 13.9. The topological polar surface area (TPSA) is 58.4 Å². The number of rotatable bonds is 3. The third-order valence-electron chi connectivity index (χ3n) is 4.19. The van der Waals surface area contributed by atoms with Gasteiger partial charge in [-0.25, -0.2) is 5.84 Å². The summed E-state index contributed by atoms with van der Waals surface area (Å²) < 4.78 is 0. The lowest BCUT2D eigenvalue weighted by molar-refractivity contribution is 0.0953. The Balaban J connectivity index is 1.94. The molecule has 4 heteroatoms. The van der Waals surface area contributed by atoms with Gasteiger partial charge in [0.2, 0.25) is 0 Å². The lowest BCUT2D eigenvalue weighted by Gasteiger charge is -2.23. The molecule has 2 rings (SSSR count). The number of carbonyl (C=O) groups is 1. The van der Waals surface area contributed by atoms with Crippen molar-refractivity contribution in [3.8, 4) is 0 Å². The lowest BCUT2D eigenvalue weighted by atomic mass is 9.85. The van der Waals surface area contributed by atoms with E-state index < -0.39 is 0 Å². The fraction of sp³-hybridized carbons (Fsp3) is 0.562. The molecule has 0 bridgehead atoms. The van der Waals surface area contributed by atoms with Crippen LogP contribution in [0.2, 0.25) is 0 Å². The predicted molar refractivity (Wildman–Crippen MR) is 81.0 cm³/mol. The number of hydrogen-bond acceptors (Lipinski definition) is 3. The summed E-state index contributed by atoms with van der Waals surface area (Å²) >= 11 is 0. The molecule has 20 heavy (non-hydrogen) atoms. The summed E-state index contributed by atoms with van der Waals surface area (Å²) in [5.41, 5.74) is 4.47. The van der Waals surface area contributed by atoms with Gasteiger partial charge in [0.25, 0.3) is 5.91 Å². The largest absolute Gasteiger partial charge is 0.299 e. The van der Waals surface area contributed by atoms with E-state index in [0.29, 0.717) is 11.0 Å². The molecule has 0 radical (unpaired) electrons. The maximum absolute atomic E-state index is 11.4. The zero-order valence-corrected chi connectivity index (χ0v) is 12.5. The predicted octanol–water partition coefficient (Wildman–Crippen LogP) is 2.30. The van der Waals surface area contributed by atoms with Crippen molar-refractivity contribution >= 4 is 5.91 Å².